The average molecular weight is 972 g/mol. The fourth-order valence-electron chi connectivity index (χ4n) is 8.27. The first-order chi connectivity index (χ1) is 33.4. The Morgan fingerprint density at radius 2 is 1.13 bits per heavy atom. The van der Waals surface area contributed by atoms with E-state index in [9.17, 15) is 28.3 Å². The predicted molar refractivity (Wildman–Crippen MR) is 247 cm³/mol. The van der Waals surface area contributed by atoms with E-state index in [2.05, 4.69) is 58.9 Å². The van der Waals surface area contributed by atoms with Gasteiger partial charge in [0.1, 0.15) is 33.7 Å². The monoisotopic (exact) mass is 970 g/mol. The van der Waals surface area contributed by atoms with Gasteiger partial charge in [-0.25, -0.2) is 43.5 Å². The highest BCUT2D eigenvalue weighted by molar-refractivity contribution is 6.31. The molecule has 0 unspecified atom stereocenters. The van der Waals surface area contributed by atoms with Gasteiger partial charge in [0.15, 0.2) is 11.6 Å². The van der Waals surface area contributed by atoms with Gasteiger partial charge in [-0.1, -0.05) is 35.3 Å². The summed E-state index contributed by atoms with van der Waals surface area (Å²) in [4.78, 5) is 62.9. The van der Waals surface area contributed by atoms with Crippen LogP contribution in [0.3, 0.4) is 0 Å². The summed E-state index contributed by atoms with van der Waals surface area (Å²) in [6.07, 6.45) is 23.6. The molecule has 0 saturated heterocycles. The number of pyridine rings is 4. The average Bonchev–Trinajstić information content (AvgIpc) is 3.95. The normalized spacial score (nSPS) is 13.6. The Morgan fingerprint density at radius 1 is 0.609 bits per heavy atom. The van der Waals surface area contributed by atoms with Crippen LogP contribution in [-0.2, 0) is 26.2 Å². The third-order valence-corrected chi connectivity index (χ3v) is 12.6. The second kappa shape index (κ2) is 17.6. The van der Waals surface area contributed by atoms with Gasteiger partial charge in [-0.3, -0.25) is 9.59 Å². The van der Waals surface area contributed by atoms with Gasteiger partial charge in [0, 0.05) is 49.6 Å². The molecule has 10 heterocycles. The van der Waals surface area contributed by atoms with E-state index in [1.165, 1.54) is 81.2 Å². The molecule has 0 bridgehead atoms. The van der Waals surface area contributed by atoms with Gasteiger partial charge in [-0.2, -0.15) is 0 Å². The molecule has 0 aliphatic heterocycles. The van der Waals surface area contributed by atoms with Gasteiger partial charge in [-0.05, 0) is 72.9 Å². The molecule has 22 heteroatoms. The predicted octanol–water partition coefficient (Wildman–Crippen LogP) is 7.35. The number of aromatic carboxylic acids is 1. The summed E-state index contributed by atoms with van der Waals surface area (Å²) in [6, 6.07) is 11.1. The van der Waals surface area contributed by atoms with E-state index in [0.29, 0.717) is 29.8 Å². The number of nitrogens with zero attached hydrogens (tertiary/aromatic N) is 12. The maximum absolute atomic E-state index is 14.4. The molecule has 10 aromatic heterocycles. The largest absolute Gasteiger partial charge is 0.475 e. The molecule has 0 atom stereocenters. The van der Waals surface area contributed by atoms with Crippen molar-refractivity contribution in [3.63, 3.8) is 0 Å². The smallest absolute Gasteiger partial charge is 0.372 e. The van der Waals surface area contributed by atoms with Crippen LogP contribution < -0.4 is 10.6 Å². The minimum atomic E-state index is -1.27. The van der Waals surface area contributed by atoms with E-state index in [-0.39, 0.29) is 69.5 Å². The topological polar surface area (TPSA) is 200 Å². The van der Waals surface area contributed by atoms with Crippen LogP contribution in [0.15, 0.2) is 105 Å². The van der Waals surface area contributed by atoms with Crippen molar-refractivity contribution in [3.05, 3.63) is 178 Å². The standard InChI is InChI=1S/C24H19ClFN7O3.C23H19ClFN7O/c25-16-5-6-31-12-28-17(21(31)20(16)26)7-27-23(34)18-11-33(22(30-18)24(35)36)10-15-9-32-8-14(13-1-2-13)3-4-19(32)29-15;24-17-5-6-31-13-28-18(22(31)21(17)25)7-26-23(33)19-11-30(12-27-19)9-16-10-32-8-15(14-1-2-14)3-4-20(32)29-16/h3-6,8-9,11-13H,1-2,7,10H2,(H,27,34)(H,35,36);3-6,8,10-14H,1-2,7,9H2,(H,26,33). The van der Waals surface area contributed by atoms with E-state index in [0.717, 1.165) is 17.0 Å². The van der Waals surface area contributed by atoms with Crippen LogP contribution in [0, 0.1) is 11.6 Å². The highest BCUT2D eigenvalue weighted by atomic mass is 35.5. The number of carbonyl (C=O) groups excluding carboxylic acids is 2. The zero-order valence-corrected chi connectivity index (χ0v) is 37.7. The SMILES string of the molecule is O=C(NCc1ncn2ccc(Cl)c(F)c12)c1cn(Cc2cn3cc(C4CC4)ccc3n2)c(C(=O)O)n1.O=C(NCc1ncn2ccc(Cl)c(F)c12)c1cn(Cc2cn3cc(C4CC4)ccc3n2)cn1. The van der Waals surface area contributed by atoms with Crippen LogP contribution in [0.2, 0.25) is 10.0 Å². The molecule has 2 saturated carbocycles. The Hall–Kier alpha value is -7.97. The second-order valence-electron chi connectivity index (χ2n) is 17.0. The van der Waals surface area contributed by atoms with E-state index in [1.54, 1.807) is 24.9 Å². The first-order valence-electron chi connectivity index (χ1n) is 21.8. The van der Waals surface area contributed by atoms with Crippen LogP contribution in [-0.4, -0.2) is 79.5 Å². The molecular weight excluding hydrogens is 934 g/mol. The zero-order chi connectivity index (χ0) is 47.5. The summed E-state index contributed by atoms with van der Waals surface area (Å²) >= 11 is 11.7. The number of fused-ring (bicyclic) bond motifs is 4. The molecule has 3 N–H and O–H groups in total. The Bertz CT molecular complexity index is 3660. The van der Waals surface area contributed by atoms with Crippen LogP contribution in [0.1, 0.15) is 103 Å². The van der Waals surface area contributed by atoms with Crippen LogP contribution in [0.4, 0.5) is 8.78 Å². The highest BCUT2D eigenvalue weighted by Gasteiger charge is 2.26. The van der Waals surface area contributed by atoms with Gasteiger partial charge in [0.2, 0.25) is 5.82 Å². The number of hydrogen-bond acceptors (Lipinski definition) is 9. The van der Waals surface area contributed by atoms with Crippen molar-refractivity contribution in [2.75, 3.05) is 0 Å². The van der Waals surface area contributed by atoms with E-state index in [1.807, 2.05) is 44.1 Å². The summed E-state index contributed by atoms with van der Waals surface area (Å²) in [6.45, 7) is 0.570. The Kier molecular flexibility index (Phi) is 11.1. The van der Waals surface area contributed by atoms with Gasteiger partial charge in [0.05, 0.1) is 78.0 Å². The number of carboxylic acid groups (broad SMARTS) is 1. The van der Waals surface area contributed by atoms with Crippen LogP contribution in [0.5, 0.6) is 0 Å². The number of amides is 2. The number of rotatable bonds is 13. The molecular formula is C47H38Cl2F2N14O4. The maximum Gasteiger partial charge on any atom is 0.372 e. The lowest BCUT2D eigenvalue weighted by atomic mass is 10.2. The van der Waals surface area contributed by atoms with E-state index >= 15 is 0 Å². The van der Waals surface area contributed by atoms with Crippen molar-refractivity contribution in [1.82, 2.24) is 67.3 Å². The number of nitrogens with one attached hydrogen (secondary N) is 2. The summed E-state index contributed by atoms with van der Waals surface area (Å²) in [7, 11) is 0. The fourth-order valence-corrected chi connectivity index (χ4v) is 8.56. The van der Waals surface area contributed by atoms with E-state index < -0.39 is 23.5 Å². The van der Waals surface area contributed by atoms with Crippen LogP contribution in [0.25, 0.3) is 22.3 Å². The molecule has 348 valence electrons. The summed E-state index contributed by atoms with van der Waals surface area (Å²) < 4.78 is 38.9. The number of halogens is 4. The Balaban J connectivity index is 0.000000151. The summed E-state index contributed by atoms with van der Waals surface area (Å²) in [5, 5.41) is 14.9. The van der Waals surface area contributed by atoms with Gasteiger partial charge >= 0.3 is 5.97 Å². The minimum absolute atomic E-state index is 0.00466. The number of imidazole rings is 6. The van der Waals surface area contributed by atoms with E-state index in [4.69, 9.17) is 23.2 Å². The quantitative estimate of drug-likeness (QED) is 0.105. The highest BCUT2D eigenvalue weighted by Crippen LogP contribution is 2.40. The number of aromatic nitrogens is 12. The van der Waals surface area contributed by atoms with Crippen molar-refractivity contribution in [3.8, 4) is 0 Å². The molecule has 0 spiro atoms. The van der Waals surface area contributed by atoms with Crippen LogP contribution >= 0.6 is 23.2 Å². The minimum Gasteiger partial charge on any atom is -0.475 e. The molecule has 18 nitrogen and oxygen atoms in total. The Morgan fingerprint density at radius 3 is 1.65 bits per heavy atom. The van der Waals surface area contributed by atoms with Crippen molar-refractivity contribution in [2.24, 2.45) is 0 Å². The molecule has 0 aromatic carbocycles. The Labute approximate surface area is 398 Å². The molecule has 10 aromatic rings. The van der Waals surface area contributed by atoms with Gasteiger partial charge < -0.3 is 42.5 Å². The van der Waals surface area contributed by atoms with Crippen molar-refractivity contribution < 1.29 is 28.3 Å². The van der Waals surface area contributed by atoms with Crippen molar-refractivity contribution in [2.45, 2.75) is 63.7 Å². The third-order valence-electron chi connectivity index (χ3n) is 12.1. The number of carboxylic acids is 1. The lowest BCUT2D eigenvalue weighted by Crippen LogP contribution is -2.23. The zero-order valence-electron chi connectivity index (χ0n) is 36.2. The van der Waals surface area contributed by atoms with Gasteiger partial charge in [0.25, 0.3) is 11.8 Å². The summed E-state index contributed by atoms with van der Waals surface area (Å²) in [5.41, 5.74) is 6.99. The lowest BCUT2D eigenvalue weighted by Gasteiger charge is -2.03. The first-order valence-corrected chi connectivity index (χ1v) is 22.6. The molecule has 0 radical (unpaired) electrons. The summed E-state index contributed by atoms with van der Waals surface area (Å²) in [5.74, 6) is -2.49. The fraction of sp³-hybridized carbons (Fsp3) is 0.213. The molecule has 2 amide bonds. The van der Waals surface area contributed by atoms with Crippen molar-refractivity contribution in [1.29, 1.82) is 0 Å². The molecule has 12 rings (SSSR count). The lowest BCUT2D eigenvalue weighted by molar-refractivity contribution is 0.0678. The third kappa shape index (κ3) is 8.86. The molecule has 69 heavy (non-hydrogen) atoms. The van der Waals surface area contributed by atoms with Crippen molar-refractivity contribution >= 4 is 63.3 Å². The number of carbonyl (C=O) groups is 3. The first kappa shape index (κ1) is 43.6. The molecule has 2 aliphatic rings. The second-order valence-corrected chi connectivity index (χ2v) is 17.8. The van der Waals surface area contributed by atoms with Gasteiger partial charge in [-0.15, -0.1) is 0 Å². The molecule has 2 fully saturated rings. The number of hydrogen-bond donors (Lipinski definition) is 3. The molecule has 2 aliphatic carbocycles. The maximum atomic E-state index is 14.4.